The zero-order chi connectivity index (χ0) is 9.84. The van der Waals surface area contributed by atoms with Crippen molar-refractivity contribution < 1.29 is 14.3 Å². The quantitative estimate of drug-likeness (QED) is 0.772. The van der Waals surface area contributed by atoms with Crippen molar-refractivity contribution in [3.05, 3.63) is 23.1 Å². The number of hydrogen-bond acceptors (Lipinski definition) is 3. The number of furan rings is 1. The predicted molar refractivity (Wildman–Crippen MR) is 47.7 cm³/mol. The Balaban J connectivity index is 2.49. The monoisotopic (exact) mass is 203 g/mol. The van der Waals surface area contributed by atoms with Crippen LogP contribution >= 0.6 is 11.6 Å². The molecule has 1 rings (SSSR count). The molecule has 5 heteroatoms. The van der Waals surface area contributed by atoms with Gasteiger partial charge in [-0.15, -0.1) is 0 Å². The normalized spacial score (nSPS) is 12.5. The molecule has 0 bridgehead atoms. The number of aliphatic hydroxyl groups is 1. The Labute approximate surface area is 80.5 Å². The van der Waals surface area contributed by atoms with E-state index in [9.17, 15) is 4.79 Å². The third-order valence-corrected chi connectivity index (χ3v) is 1.56. The Morgan fingerprint density at radius 2 is 2.46 bits per heavy atom. The summed E-state index contributed by atoms with van der Waals surface area (Å²) in [6.45, 7) is 1.77. The molecule has 1 unspecified atom stereocenters. The van der Waals surface area contributed by atoms with Gasteiger partial charge in [-0.2, -0.15) is 0 Å². The first kappa shape index (κ1) is 10.1. The summed E-state index contributed by atoms with van der Waals surface area (Å²) in [4.78, 5) is 11.2. The Kier molecular flexibility index (Phi) is 3.33. The van der Waals surface area contributed by atoms with Gasteiger partial charge < -0.3 is 14.8 Å². The van der Waals surface area contributed by atoms with E-state index in [-0.39, 0.29) is 23.4 Å². The van der Waals surface area contributed by atoms with Gasteiger partial charge >= 0.3 is 0 Å². The van der Waals surface area contributed by atoms with Crippen molar-refractivity contribution in [2.45, 2.75) is 13.0 Å². The zero-order valence-corrected chi connectivity index (χ0v) is 7.84. The zero-order valence-electron chi connectivity index (χ0n) is 7.08. The number of hydrogen-bond donors (Lipinski definition) is 2. The number of rotatable bonds is 3. The van der Waals surface area contributed by atoms with Crippen molar-refractivity contribution in [1.29, 1.82) is 0 Å². The number of aliphatic hydroxyl groups excluding tert-OH is 1. The molecule has 1 aromatic heterocycles. The van der Waals surface area contributed by atoms with Gasteiger partial charge in [0.15, 0.2) is 11.0 Å². The van der Waals surface area contributed by atoms with Crippen LogP contribution in [-0.4, -0.2) is 23.7 Å². The highest BCUT2D eigenvalue weighted by molar-refractivity contribution is 6.29. The largest absolute Gasteiger partial charge is 0.440 e. The van der Waals surface area contributed by atoms with Gasteiger partial charge in [0.1, 0.15) is 0 Å². The van der Waals surface area contributed by atoms with Crippen LogP contribution in [0, 0.1) is 0 Å². The predicted octanol–water partition coefficient (Wildman–Crippen LogP) is 1.04. The topological polar surface area (TPSA) is 62.5 Å². The van der Waals surface area contributed by atoms with Gasteiger partial charge in [0, 0.05) is 6.54 Å². The van der Waals surface area contributed by atoms with Crippen molar-refractivity contribution in [2.24, 2.45) is 0 Å². The molecule has 1 heterocycles. The molecule has 0 aliphatic heterocycles. The second kappa shape index (κ2) is 4.30. The molecule has 1 atom stereocenters. The third kappa shape index (κ3) is 3.08. The van der Waals surface area contributed by atoms with Crippen molar-refractivity contribution in [1.82, 2.24) is 5.32 Å². The van der Waals surface area contributed by atoms with Gasteiger partial charge in [0.2, 0.25) is 0 Å². The summed E-state index contributed by atoms with van der Waals surface area (Å²) in [6.07, 6.45) is -0.575. The molecule has 0 saturated heterocycles. The van der Waals surface area contributed by atoms with Crippen molar-refractivity contribution in [3.63, 3.8) is 0 Å². The maximum absolute atomic E-state index is 11.2. The second-order valence-corrected chi connectivity index (χ2v) is 3.04. The molecular formula is C8H10ClNO3. The first-order valence-corrected chi connectivity index (χ1v) is 4.19. The van der Waals surface area contributed by atoms with Crippen LogP contribution in [0.2, 0.25) is 5.22 Å². The van der Waals surface area contributed by atoms with Gasteiger partial charge in [0.25, 0.3) is 5.91 Å². The molecule has 0 radical (unpaired) electrons. The number of halogens is 1. The average Bonchev–Trinajstić information content (AvgIpc) is 2.47. The summed E-state index contributed by atoms with van der Waals surface area (Å²) in [7, 11) is 0. The van der Waals surface area contributed by atoms with Gasteiger partial charge in [-0.3, -0.25) is 4.79 Å². The van der Waals surface area contributed by atoms with E-state index >= 15 is 0 Å². The summed E-state index contributed by atoms with van der Waals surface area (Å²) in [6, 6.07) is 2.96. The van der Waals surface area contributed by atoms with Crippen LogP contribution in [0.3, 0.4) is 0 Å². The SMILES string of the molecule is CC(O)CNC(=O)c1ccc(Cl)o1. The first-order valence-electron chi connectivity index (χ1n) is 3.81. The number of carbonyl (C=O) groups excluding carboxylic acids is 1. The lowest BCUT2D eigenvalue weighted by Gasteiger charge is -2.04. The average molecular weight is 204 g/mol. The molecule has 1 amide bonds. The van der Waals surface area contributed by atoms with E-state index in [1.165, 1.54) is 12.1 Å². The lowest BCUT2D eigenvalue weighted by molar-refractivity contribution is 0.0896. The fourth-order valence-electron chi connectivity index (χ4n) is 0.764. The molecule has 2 N–H and O–H groups in total. The van der Waals surface area contributed by atoms with Crippen LogP contribution in [0.4, 0.5) is 0 Å². The van der Waals surface area contributed by atoms with E-state index in [4.69, 9.17) is 21.1 Å². The van der Waals surface area contributed by atoms with Crippen molar-refractivity contribution in [3.8, 4) is 0 Å². The molecule has 0 aromatic carbocycles. The lowest BCUT2D eigenvalue weighted by atomic mass is 10.4. The molecule has 0 saturated carbocycles. The van der Waals surface area contributed by atoms with Crippen LogP contribution < -0.4 is 5.32 Å². The van der Waals surface area contributed by atoms with Gasteiger partial charge in [-0.1, -0.05) is 0 Å². The van der Waals surface area contributed by atoms with Crippen molar-refractivity contribution >= 4 is 17.5 Å². The minimum absolute atomic E-state index is 0.144. The fraction of sp³-hybridized carbons (Fsp3) is 0.375. The summed E-state index contributed by atoms with van der Waals surface area (Å²) < 4.78 is 4.85. The Morgan fingerprint density at radius 1 is 1.77 bits per heavy atom. The van der Waals surface area contributed by atoms with Crippen LogP contribution in [0.1, 0.15) is 17.5 Å². The minimum atomic E-state index is -0.575. The highest BCUT2D eigenvalue weighted by Crippen LogP contribution is 2.12. The van der Waals surface area contributed by atoms with Crippen LogP contribution in [0.5, 0.6) is 0 Å². The van der Waals surface area contributed by atoms with E-state index in [0.29, 0.717) is 0 Å². The lowest BCUT2D eigenvalue weighted by Crippen LogP contribution is -2.30. The van der Waals surface area contributed by atoms with Crippen LogP contribution in [-0.2, 0) is 0 Å². The molecule has 72 valence electrons. The highest BCUT2D eigenvalue weighted by Gasteiger charge is 2.10. The molecule has 4 nitrogen and oxygen atoms in total. The van der Waals surface area contributed by atoms with Crippen LogP contribution in [0.15, 0.2) is 16.5 Å². The highest BCUT2D eigenvalue weighted by atomic mass is 35.5. The number of amides is 1. The van der Waals surface area contributed by atoms with Crippen LogP contribution in [0.25, 0.3) is 0 Å². The molecule has 0 fully saturated rings. The molecule has 0 aliphatic rings. The van der Waals surface area contributed by atoms with E-state index in [0.717, 1.165) is 0 Å². The molecule has 0 spiro atoms. The van der Waals surface area contributed by atoms with E-state index in [1.807, 2.05) is 0 Å². The van der Waals surface area contributed by atoms with Crippen molar-refractivity contribution in [2.75, 3.05) is 6.54 Å². The van der Waals surface area contributed by atoms with E-state index < -0.39 is 6.10 Å². The Bertz CT molecular complexity index is 295. The Hall–Kier alpha value is -1.00. The van der Waals surface area contributed by atoms with Gasteiger partial charge in [-0.25, -0.2) is 0 Å². The molecular weight excluding hydrogens is 194 g/mol. The summed E-state index contributed by atoms with van der Waals surface area (Å²) in [5.74, 6) is -0.238. The second-order valence-electron chi connectivity index (χ2n) is 2.66. The maximum atomic E-state index is 11.2. The van der Waals surface area contributed by atoms with Gasteiger partial charge in [0.05, 0.1) is 6.10 Å². The molecule has 13 heavy (non-hydrogen) atoms. The summed E-state index contributed by atoms with van der Waals surface area (Å²) in [5.41, 5.74) is 0. The summed E-state index contributed by atoms with van der Waals surface area (Å²) >= 11 is 5.47. The molecule has 0 aliphatic carbocycles. The summed E-state index contributed by atoms with van der Waals surface area (Å²) in [5, 5.41) is 11.5. The first-order chi connectivity index (χ1) is 6.09. The number of nitrogens with one attached hydrogen (secondary N) is 1. The van der Waals surface area contributed by atoms with Gasteiger partial charge in [-0.05, 0) is 30.7 Å². The molecule has 1 aromatic rings. The standard InChI is InChI=1S/C8H10ClNO3/c1-5(11)4-10-8(12)6-2-3-7(9)13-6/h2-3,5,11H,4H2,1H3,(H,10,12). The minimum Gasteiger partial charge on any atom is -0.440 e. The smallest absolute Gasteiger partial charge is 0.287 e. The fourth-order valence-corrected chi connectivity index (χ4v) is 0.910. The Morgan fingerprint density at radius 3 is 2.92 bits per heavy atom. The number of carbonyl (C=O) groups is 1. The third-order valence-electron chi connectivity index (χ3n) is 1.36. The van der Waals surface area contributed by atoms with E-state index in [2.05, 4.69) is 5.32 Å². The maximum Gasteiger partial charge on any atom is 0.287 e. The van der Waals surface area contributed by atoms with E-state index in [1.54, 1.807) is 6.92 Å².